The van der Waals surface area contributed by atoms with Crippen molar-refractivity contribution >= 4 is 22.4 Å². The lowest BCUT2D eigenvalue weighted by atomic mass is 10.4. The molecular weight excluding hydrogens is 240 g/mol. The summed E-state index contributed by atoms with van der Waals surface area (Å²) in [5.41, 5.74) is 1.34. The van der Waals surface area contributed by atoms with Crippen LogP contribution in [-0.2, 0) is 0 Å². The fourth-order valence-electron chi connectivity index (χ4n) is 0.957. The minimum Gasteiger partial charge on any atom is -0.295 e. The number of hydrogen-bond acceptors (Lipinski definition) is 5. The molecule has 0 spiro atoms. The van der Waals surface area contributed by atoms with Crippen LogP contribution < -0.4 is 5.32 Å². The van der Waals surface area contributed by atoms with Gasteiger partial charge < -0.3 is 0 Å². The number of nitrogens with zero attached hydrogens (tertiary/aromatic N) is 4. The third-order valence-corrected chi connectivity index (χ3v) is 2.23. The molecule has 2 heterocycles. The summed E-state index contributed by atoms with van der Waals surface area (Å²) in [6.07, 6.45) is 1.03. The molecule has 6 nitrogen and oxygen atoms in total. The second-order valence-electron chi connectivity index (χ2n) is 2.66. The molecule has 16 heavy (non-hydrogen) atoms. The van der Waals surface area contributed by atoms with E-state index in [-0.39, 0.29) is 10.8 Å². The third kappa shape index (κ3) is 2.19. The van der Waals surface area contributed by atoms with Gasteiger partial charge in [0.25, 0.3) is 5.91 Å². The Bertz CT molecular complexity index is 483. The Morgan fingerprint density at radius 1 is 1.56 bits per heavy atom. The van der Waals surface area contributed by atoms with Gasteiger partial charge in [-0.25, -0.2) is 4.68 Å². The molecule has 0 aromatic carbocycles. The molecule has 0 atom stereocenters. The van der Waals surface area contributed by atoms with E-state index in [2.05, 4.69) is 20.6 Å². The summed E-state index contributed by atoms with van der Waals surface area (Å²) in [6, 6.07) is 1.20. The quantitative estimate of drug-likeness (QED) is 0.886. The lowest BCUT2D eigenvalue weighted by molar-refractivity contribution is 0.0561. The highest BCUT2D eigenvalue weighted by atomic mass is 32.1. The summed E-state index contributed by atoms with van der Waals surface area (Å²) in [7, 11) is 0. The van der Waals surface area contributed by atoms with Crippen LogP contribution in [0.1, 0.15) is 17.0 Å². The predicted molar refractivity (Wildman–Crippen MR) is 51.3 cm³/mol. The van der Waals surface area contributed by atoms with Gasteiger partial charge in [-0.1, -0.05) is 11.3 Å². The number of carbonyl (C=O) groups is 1. The summed E-state index contributed by atoms with van der Waals surface area (Å²) in [5, 5.41) is 13.2. The van der Waals surface area contributed by atoms with Crippen molar-refractivity contribution in [3.05, 3.63) is 23.5 Å². The largest absolute Gasteiger partial charge is 0.333 e. The van der Waals surface area contributed by atoms with Crippen LogP contribution in [0.2, 0.25) is 0 Å². The summed E-state index contributed by atoms with van der Waals surface area (Å²) >= 11 is 1.12. The van der Waals surface area contributed by atoms with Gasteiger partial charge in [0.2, 0.25) is 5.13 Å². The molecule has 2 aromatic rings. The first-order valence-electron chi connectivity index (χ1n) is 4.07. The van der Waals surface area contributed by atoms with Gasteiger partial charge in [0.1, 0.15) is 5.51 Å². The van der Waals surface area contributed by atoms with Crippen molar-refractivity contribution < 1.29 is 13.6 Å². The topological polar surface area (TPSA) is 72.7 Å². The number of hydrogen-bond donors (Lipinski definition) is 1. The van der Waals surface area contributed by atoms with Crippen molar-refractivity contribution in [2.75, 3.05) is 5.32 Å². The number of anilines is 1. The van der Waals surface area contributed by atoms with Crippen molar-refractivity contribution in [2.24, 2.45) is 0 Å². The fraction of sp³-hybridized carbons (Fsp3) is 0.143. The Kier molecular flexibility index (Phi) is 2.86. The van der Waals surface area contributed by atoms with Gasteiger partial charge in [0, 0.05) is 6.20 Å². The minimum absolute atomic E-state index is 0.101. The highest BCUT2D eigenvalue weighted by Gasteiger charge is 2.14. The Labute approximate surface area is 91.9 Å². The SMILES string of the molecule is O=C(Nc1nncs1)c1ccn(C(F)F)n1. The average molecular weight is 245 g/mol. The molecule has 0 saturated carbocycles. The molecule has 0 aliphatic rings. The summed E-state index contributed by atoms with van der Waals surface area (Å²) in [4.78, 5) is 11.5. The number of rotatable bonds is 3. The first-order chi connectivity index (χ1) is 7.66. The normalized spacial score (nSPS) is 10.7. The maximum absolute atomic E-state index is 12.2. The lowest BCUT2D eigenvalue weighted by Gasteiger charge is -1.98. The van der Waals surface area contributed by atoms with Crippen LogP contribution in [0.25, 0.3) is 0 Å². The molecule has 1 N–H and O–H groups in total. The highest BCUT2D eigenvalue weighted by molar-refractivity contribution is 7.13. The molecule has 0 fully saturated rings. The zero-order valence-corrected chi connectivity index (χ0v) is 8.49. The van der Waals surface area contributed by atoms with E-state index in [1.165, 1.54) is 11.6 Å². The van der Waals surface area contributed by atoms with Gasteiger partial charge in [-0.15, -0.1) is 10.2 Å². The Balaban J connectivity index is 2.09. The summed E-state index contributed by atoms with van der Waals surface area (Å²) in [6.45, 7) is -2.76. The predicted octanol–water partition coefficient (Wildman–Crippen LogP) is 1.38. The van der Waals surface area contributed by atoms with Crippen molar-refractivity contribution in [2.45, 2.75) is 6.55 Å². The second-order valence-corrected chi connectivity index (χ2v) is 3.49. The van der Waals surface area contributed by atoms with Gasteiger partial charge in [0.15, 0.2) is 5.69 Å². The van der Waals surface area contributed by atoms with Crippen LogP contribution in [0, 0.1) is 0 Å². The monoisotopic (exact) mass is 245 g/mol. The molecule has 0 aliphatic carbocycles. The van der Waals surface area contributed by atoms with E-state index >= 15 is 0 Å². The third-order valence-electron chi connectivity index (χ3n) is 1.62. The zero-order chi connectivity index (χ0) is 11.5. The molecule has 1 amide bonds. The molecular formula is C7H5F2N5OS. The molecule has 0 bridgehead atoms. The van der Waals surface area contributed by atoms with E-state index in [0.717, 1.165) is 17.5 Å². The van der Waals surface area contributed by atoms with E-state index in [0.29, 0.717) is 4.68 Å². The Hall–Kier alpha value is -1.90. The van der Waals surface area contributed by atoms with Crippen molar-refractivity contribution in [3.63, 3.8) is 0 Å². The van der Waals surface area contributed by atoms with E-state index in [9.17, 15) is 13.6 Å². The number of alkyl halides is 2. The van der Waals surface area contributed by atoms with Crippen LogP contribution >= 0.6 is 11.3 Å². The highest BCUT2D eigenvalue weighted by Crippen LogP contribution is 2.12. The molecule has 0 aliphatic heterocycles. The van der Waals surface area contributed by atoms with Gasteiger partial charge in [-0.3, -0.25) is 10.1 Å². The van der Waals surface area contributed by atoms with Crippen LogP contribution in [0.3, 0.4) is 0 Å². The van der Waals surface area contributed by atoms with Gasteiger partial charge in [-0.2, -0.15) is 13.9 Å². The molecule has 2 rings (SSSR count). The van der Waals surface area contributed by atoms with Crippen LogP contribution in [0.15, 0.2) is 17.8 Å². The maximum atomic E-state index is 12.2. The fourth-order valence-corrected chi connectivity index (χ4v) is 1.40. The Morgan fingerprint density at radius 3 is 2.94 bits per heavy atom. The summed E-state index contributed by atoms with van der Waals surface area (Å²) in [5.74, 6) is -0.601. The van der Waals surface area contributed by atoms with Gasteiger partial charge in [0.05, 0.1) is 0 Å². The van der Waals surface area contributed by atoms with Crippen molar-refractivity contribution in [1.29, 1.82) is 0 Å². The standard InChI is InChI=1S/C7H5F2N5OS/c8-6(9)14-2-1-4(13-14)5(15)11-7-12-10-3-16-7/h1-3,6H,(H,11,12,15). The van der Waals surface area contributed by atoms with Crippen LogP contribution in [0.5, 0.6) is 0 Å². The molecule has 2 aromatic heterocycles. The minimum atomic E-state index is -2.76. The molecule has 0 radical (unpaired) electrons. The molecule has 84 valence electrons. The first-order valence-corrected chi connectivity index (χ1v) is 4.95. The van der Waals surface area contributed by atoms with Crippen molar-refractivity contribution in [1.82, 2.24) is 20.0 Å². The number of nitrogens with one attached hydrogen (secondary N) is 1. The number of halogens is 2. The number of carbonyl (C=O) groups excluding carboxylic acids is 1. The van der Waals surface area contributed by atoms with E-state index in [4.69, 9.17) is 0 Å². The molecule has 9 heteroatoms. The van der Waals surface area contributed by atoms with Gasteiger partial charge >= 0.3 is 6.55 Å². The zero-order valence-electron chi connectivity index (χ0n) is 7.67. The number of aromatic nitrogens is 4. The maximum Gasteiger partial charge on any atom is 0.333 e. The van der Waals surface area contributed by atoms with Gasteiger partial charge in [-0.05, 0) is 6.07 Å². The van der Waals surface area contributed by atoms with Crippen LogP contribution in [-0.4, -0.2) is 25.9 Å². The van der Waals surface area contributed by atoms with E-state index in [1.807, 2.05) is 0 Å². The van der Waals surface area contributed by atoms with Crippen molar-refractivity contribution in [3.8, 4) is 0 Å². The van der Waals surface area contributed by atoms with E-state index in [1.54, 1.807) is 0 Å². The Morgan fingerprint density at radius 2 is 2.38 bits per heavy atom. The average Bonchev–Trinajstić information content (AvgIpc) is 2.86. The smallest absolute Gasteiger partial charge is 0.295 e. The lowest BCUT2D eigenvalue weighted by Crippen LogP contribution is -2.13. The molecule has 0 unspecified atom stereocenters. The van der Waals surface area contributed by atoms with E-state index < -0.39 is 12.5 Å². The molecule has 0 saturated heterocycles. The van der Waals surface area contributed by atoms with Crippen LogP contribution in [0.4, 0.5) is 13.9 Å². The summed E-state index contributed by atoms with van der Waals surface area (Å²) < 4.78 is 24.7. The first kappa shape index (κ1) is 10.6. The number of amides is 1. The second kappa shape index (κ2) is 4.31.